The highest BCUT2D eigenvalue weighted by Crippen LogP contribution is 2.42. The Morgan fingerprint density at radius 1 is 0.320 bits per heavy atom. The van der Waals surface area contributed by atoms with Crippen molar-refractivity contribution in [2.24, 2.45) is 0 Å². The summed E-state index contributed by atoms with van der Waals surface area (Å²) < 4.78 is 72.1. The molecule has 8 aromatic rings. The molecule has 9 aliphatic rings. The molecule has 0 unspecified atom stereocenters. The number of aromatic carboxylic acids is 2. The zero-order valence-electron chi connectivity index (χ0n) is 67.4. The van der Waals surface area contributed by atoms with E-state index < -0.39 is 57.2 Å². The maximum absolute atomic E-state index is 16.2. The largest absolute Gasteiger partial charge is 0.477 e. The lowest BCUT2D eigenvalue weighted by molar-refractivity contribution is 0.0684. The SMILES string of the molecule is N=C(CC(=N)N1CCN(c2cc3c(cc2F)c(=O)ccn3C2CC2)CC1)N1CCN(C(=N)CC(=N)N2CCN(c3cc4c(cc3F)c(=O)c(C(=O)O)cn4C3CC3)CC2)CCN(C(=N)NC(=N)N2CCN(c3cc4c(cc3F)c(=O)c(C(=O)O)cn4C3CC3)CC2)CCN(C(=N)NC(=N)N2CCN(c3cc4c(cc3F)c(=O)ccn4C3CC3)CC2)CC1. The molecule has 4 aromatic heterocycles. The van der Waals surface area contributed by atoms with E-state index in [-0.39, 0.29) is 235 Å². The van der Waals surface area contributed by atoms with Gasteiger partial charge in [0.05, 0.1) is 57.7 Å². The fourth-order valence-corrected chi connectivity index (χ4v) is 17.7. The van der Waals surface area contributed by atoms with Crippen molar-refractivity contribution in [3.8, 4) is 0 Å². The molecule has 9 fully saturated rings. The van der Waals surface area contributed by atoms with E-state index in [4.69, 9.17) is 0 Å². The smallest absolute Gasteiger partial charge is 0.341 e. The summed E-state index contributed by atoms with van der Waals surface area (Å²) in [5, 5.41) is 104. The van der Waals surface area contributed by atoms with Gasteiger partial charge in [-0.15, -0.1) is 0 Å². The Labute approximate surface area is 696 Å². The molecule has 5 saturated heterocycles. The van der Waals surface area contributed by atoms with E-state index >= 15 is 17.6 Å². The third-order valence-electron chi connectivity index (χ3n) is 25.4. The highest BCUT2D eigenvalue weighted by Gasteiger charge is 2.36. The molecule has 4 aliphatic carbocycles. The number of carbonyl (C=O) groups is 2. The summed E-state index contributed by atoms with van der Waals surface area (Å²) in [6.07, 6.45) is 12.7. The first kappa shape index (κ1) is 81.3. The second-order valence-electron chi connectivity index (χ2n) is 33.2. The van der Waals surface area contributed by atoms with Crippen LogP contribution in [-0.2, 0) is 0 Å². The Bertz CT molecular complexity index is 5560. The fourth-order valence-electron chi connectivity index (χ4n) is 17.7. The Balaban J connectivity index is 0.610. The van der Waals surface area contributed by atoms with Crippen molar-refractivity contribution in [2.75, 3.05) is 177 Å². The number of fused-ring (bicyclic) bond motifs is 4. The highest BCUT2D eigenvalue weighted by atomic mass is 19.1. The summed E-state index contributed by atoms with van der Waals surface area (Å²) in [5.41, 5.74) is 0.273. The van der Waals surface area contributed by atoms with Crippen molar-refractivity contribution in [2.45, 2.75) is 88.4 Å². The maximum atomic E-state index is 16.2. The number of aromatic nitrogens is 4. The van der Waals surface area contributed by atoms with Crippen molar-refractivity contribution < 1.29 is 37.4 Å². The molecular weight excluding hydrogens is 1580 g/mol. The number of hydrogen-bond acceptors (Lipinski definition) is 18. The number of guanidine groups is 4. The molecule has 0 atom stereocenters. The standard InChI is InChI=1S/C84H98F4N26O8/c85-59-37-53-63(111(49-1-2-49)11-9-71(53)115)41-67(59)99-13-21-103(22-14-99)73(89)45-75(91)105-25-26-106(76(92)46-74(90)104-23-15-100(16-24-104)69-43-65-55(39-61(69)87)77(117)57(79(119)120)47-113(65)51-5-6-51)28-34-110(84(96)98-82(94)108-31-19-102(20-32-108)70-44-66-56(40-62(70)88)78(118)58(80(121)122)48-114(66)52-7-8-52)36-35-109(33-27-105)83(95)97-81(93)107-29-17-101(18-30-107)68-42-64-54(38-60(68)86)72(116)10-12-112(64)50-3-4-50/h9-12,37-44,47-52,89-92H,1-8,13-36,45-46H2,(H,119,120)(H,121,122)(H3,93,95,97)(H3,94,96,98). The van der Waals surface area contributed by atoms with Crippen LogP contribution in [0.15, 0.2) is 105 Å². The van der Waals surface area contributed by atoms with Gasteiger partial charge in [0.2, 0.25) is 10.9 Å². The van der Waals surface area contributed by atoms with Crippen LogP contribution in [-0.4, -0.2) is 284 Å². The van der Waals surface area contributed by atoms with Crippen LogP contribution in [0.1, 0.15) is 109 Å². The number of amidine groups is 4. The molecule has 17 rings (SSSR count). The van der Waals surface area contributed by atoms with E-state index in [1.54, 1.807) is 85.0 Å². The average Bonchev–Trinajstić information content (AvgIpc) is 1.54. The topological polar surface area (TPSA) is 416 Å². The van der Waals surface area contributed by atoms with Crippen LogP contribution in [0, 0.1) is 66.5 Å². The summed E-state index contributed by atoms with van der Waals surface area (Å²) in [4.78, 5) is 98.3. The predicted octanol–water partition coefficient (Wildman–Crippen LogP) is 6.66. The number of nitrogens with zero attached hydrogens (tertiary/aromatic N) is 16. The van der Waals surface area contributed by atoms with Gasteiger partial charge in [0.25, 0.3) is 0 Å². The van der Waals surface area contributed by atoms with Gasteiger partial charge in [-0.1, -0.05) is 0 Å². The second-order valence-corrected chi connectivity index (χ2v) is 33.2. The van der Waals surface area contributed by atoms with Gasteiger partial charge in [-0.25, -0.2) is 27.2 Å². The second kappa shape index (κ2) is 33.2. The first-order chi connectivity index (χ1) is 58.7. The predicted molar refractivity (Wildman–Crippen MR) is 458 cm³/mol. The van der Waals surface area contributed by atoms with E-state index in [2.05, 4.69) is 10.6 Å². The van der Waals surface area contributed by atoms with E-state index in [0.717, 1.165) is 63.5 Å². The van der Waals surface area contributed by atoms with E-state index in [1.807, 2.05) is 28.7 Å². The lowest BCUT2D eigenvalue weighted by atomic mass is 10.1. The summed E-state index contributed by atoms with van der Waals surface area (Å²) in [6, 6.07) is 14.7. The van der Waals surface area contributed by atoms with Gasteiger partial charge in [0.15, 0.2) is 34.7 Å². The molecule has 9 heterocycles. The minimum atomic E-state index is -1.40. The maximum Gasteiger partial charge on any atom is 0.341 e. The molecule has 38 heteroatoms. The van der Waals surface area contributed by atoms with Crippen LogP contribution in [0.5, 0.6) is 0 Å². The minimum absolute atomic E-state index is 0.00838. The van der Waals surface area contributed by atoms with Crippen molar-refractivity contribution in [3.05, 3.63) is 161 Å². The van der Waals surface area contributed by atoms with Crippen LogP contribution in [0.25, 0.3) is 43.6 Å². The van der Waals surface area contributed by atoms with E-state index in [0.29, 0.717) is 83.5 Å². The molecule has 5 aliphatic heterocycles. The lowest BCUT2D eigenvalue weighted by Crippen LogP contribution is -2.58. The average molecular weight is 1680 g/mol. The molecule has 34 nitrogen and oxygen atoms in total. The van der Waals surface area contributed by atoms with E-state index in [9.17, 15) is 82.3 Å². The molecule has 122 heavy (non-hydrogen) atoms. The molecule has 0 bridgehead atoms. The zero-order valence-corrected chi connectivity index (χ0v) is 67.4. The minimum Gasteiger partial charge on any atom is -0.477 e. The van der Waals surface area contributed by atoms with Crippen molar-refractivity contribution in [1.82, 2.24) is 68.1 Å². The molecule has 4 aromatic carbocycles. The van der Waals surface area contributed by atoms with Crippen molar-refractivity contribution in [1.29, 1.82) is 43.3 Å². The number of anilines is 4. The first-order valence-electron chi connectivity index (χ1n) is 41.8. The Kier molecular flexibility index (Phi) is 22.1. The molecule has 0 amide bonds. The summed E-state index contributed by atoms with van der Waals surface area (Å²) in [6.45, 7) is 4.62. The van der Waals surface area contributed by atoms with Crippen LogP contribution < -0.4 is 51.9 Å². The summed E-state index contributed by atoms with van der Waals surface area (Å²) in [7, 11) is 0. The van der Waals surface area contributed by atoms with Crippen LogP contribution in [0.4, 0.5) is 40.3 Å². The van der Waals surface area contributed by atoms with Gasteiger partial charge in [0, 0.05) is 240 Å². The monoisotopic (exact) mass is 1670 g/mol. The normalized spacial score (nSPS) is 18.5. The number of carboxylic acids is 2. The third kappa shape index (κ3) is 16.6. The summed E-state index contributed by atoms with van der Waals surface area (Å²) in [5.74, 6) is -5.67. The number of carboxylic acid groups (broad SMARTS) is 2. The quantitative estimate of drug-likeness (QED) is 0.0308. The number of rotatable bonds is 14. The molecule has 640 valence electrons. The number of pyridine rings is 4. The zero-order chi connectivity index (χ0) is 85.4. The fraction of sp³-hybridized carbons (Fsp3) is 0.452. The molecule has 0 spiro atoms. The first-order valence-corrected chi connectivity index (χ1v) is 41.8. The number of halogens is 4. The number of benzene rings is 4. The molecular formula is C84H98F4N26O8. The molecule has 4 saturated carbocycles. The van der Waals surface area contributed by atoms with Gasteiger partial charge >= 0.3 is 11.9 Å². The molecule has 12 N–H and O–H groups in total. The van der Waals surface area contributed by atoms with E-state index in [1.165, 1.54) is 36.7 Å². The number of hydrogen-bond donors (Lipinski definition) is 12. The van der Waals surface area contributed by atoms with Gasteiger partial charge in [-0.05, 0) is 99.9 Å². The van der Waals surface area contributed by atoms with Crippen molar-refractivity contribution in [3.63, 3.8) is 0 Å². The Morgan fingerprint density at radius 2 is 0.541 bits per heavy atom. The lowest BCUT2D eigenvalue weighted by Gasteiger charge is -2.40. The number of piperazine rings is 4. The Hall–Kier alpha value is -13.1. The van der Waals surface area contributed by atoms with Gasteiger partial charge in [0.1, 0.15) is 57.7 Å². The van der Waals surface area contributed by atoms with Gasteiger partial charge in [-0.2, -0.15) is 0 Å². The van der Waals surface area contributed by atoms with Gasteiger partial charge < -0.3 is 87.3 Å². The van der Waals surface area contributed by atoms with Crippen molar-refractivity contribution >= 4 is 125 Å². The highest BCUT2D eigenvalue weighted by molar-refractivity contribution is 6.02. The van der Waals surface area contributed by atoms with Crippen LogP contribution >= 0.6 is 0 Å². The van der Waals surface area contributed by atoms with Crippen LogP contribution in [0.2, 0.25) is 0 Å². The van der Waals surface area contributed by atoms with Crippen LogP contribution in [0.3, 0.4) is 0 Å². The third-order valence-corrected chi connectivity index (χ3v) is 25.4. The molecule has 0 radical (unpaired) electrons. The van der Waals surface area contributed by atoms with Gasteiger partial charge in [-0.3, -0.25) is 73.1 Å². The Morgan fingerprint density at radius 3 is 0.795 bits per heavy atom. The number of nitrogens with one attached hydrogen (secondary N) is 10. The summed E-state index contributed by atoms with van der Waals surface area (Å²) >= 11 is 0.